The fourth-order valence-corrected chi connectivity index (χ4v) is 2.31. The van der Waals surface area contributed by atoms with E-state index in [4.69, 9.17) is 11.0 Å². The molecule has 1 aliphatic rings. The Kier molecular flexibility index (Phi) is 4.66. The molecule has 1 heterocycles. The predicted octanol–water partition coefficient (Wildman–Crippen LogP) is 0.300. The van der Waals surface area contributed by atoms with E-state index in [0.717, 1.165) is 26.2 Å². The predicted molar refractivity (Wildman–Crippen MR) is 72.0 cm³/mol. The van der Waals surface area contributed by atoms with Crippen molar-refractivity contribution in [3.05, 3.63) is 35.1 Å². The van der Waals surface area contributed by atoms with Gasteiger partial charge in [0.15, 0.2) is 0 Å². The molecule has 1 aromatic carbocycles. The first-order valence-electron chi connectivity index (χ1n) is 6.50. The average molecular weight is 276 g/mol. The van der Waals surface area contributed by atoms with E-state index < -0.39 is 0 Å². The van der Waals surface area contributed by atoms with Crippen LogP contribution in [-0.2, 0) is 11.3 Å². The topological polar surface area (TPSA) is 73.4 Å². The minimum atomic E-state index is -0.344. The second-order valence-corrected chi connectivity index (χ2v) is 4.94. The quantitative estimate of drug-likeness (QED) is 0.858. The lowest BCUT2D eigenvalue weighted by Crippen LogP contribution is -2.48. The van der Waals surface area contributed by atoms with E-state index in [2.05, 4.69) is 4.90 Å². The van der Waals surface area contributed by atoms with Gasteiger partial charge in [0, 0.05) is 38.3 Å². The van der Waals surface area contributed by atoms with Crippen molar-refractivity contribution in [2.24, 2.45) is 5.73 Å². The molecule has 106 valence electrons. The lowest BCUT2D eigenvalue weighted by atomic mass is 10.1. The summed E-state index contributed by atoms with van der Waals surface area (Å²) in [6.45, 7) is 3.84. The zero-order valence-electron chi connectivity index (χ0n) is 11.2. The summed E-state index contributed by atoms with van der Waals surface area (Å²) in [4.78, 5) is 15.0. The second kappa shape index (κ2) is 6.46. The number of amides is 1. The molecule has 0 spiro atoms. The second-order valence-electron chi connectivity index (χ2n) is 4.94. The molecular formula is C14H17FN4O. The summed E-state index contributed by atoms with van der Waals surface area (Å²) in [5.41, 5.74) is 6.08. The highest BCUT2D eigenvalue weighted by molar-refractivity contribution is 5.75. The van der Waals surface area contributed by atoms with Crippen LogP contribution in [0.3, 0.4) is 0 Å². The van der Waals surface area contributed by atoms with E-state index >= 15 is 0 Å². The van der Waals surface area contributed by atoms with Crippen LogP contribution >= 0.6 is 0 Å². The molecule has 0 radical (unpaired) electrons. The first kappa shape index (κ1) is 14.4. The zero-order chi connectivity index (χ0) is 14.5. The fourth-order valence-electron chi connectivity index (χ4n) is 2.31. The minimum absolute atomic E-state index is 0.277. The Bertz CT molecular complexity index is 532. The zero-order valence-corrected chi connectivity index (χ0v) is 11.2. The van der Waals surface area contributed by atoms with Gasteiger partial charge < -0.3 is 5.73 Å². The highest BCUT2D eigenvalue weighted by atomic mass is 19.1. The number of piperazine rings is 1. The van der Waals surface area contributed by atoms with Gasteiger partial charge in [0.05, 0.1) is 18.2 Å². The number of carbonyl (C=O) groups is 1. The van der Waals surface area contributed by atoms with Crippen LogP contribution in [0.1, 0.15) is 11.1 Å². The Morgan fingerprint density at radius 2 is 1.95 bits per heavy atom. The molecule has 1 amide bonds. The van der Waals surface area contributed by atoms with Crippen molar-refractivity contribution >= 4 is 5.91 Å². The number of carbonyl (C=O) groups excluding carboxylic acids is 1. The standard InChI is InChI=1S/C14H17FN4O/c15-13-7-11(8-16)1-2-12(13)9-18-3-5-19(6-4-18)10-14(17)20/h1-2,7H,3-6,9-10H2,(H2,17,20). The average Bonchev–Trinajstić information content (AvgIpc) is 2.42. The monoisotopic (exact) mass is 276 g/mol. The number of hydrogen-bond donors (Lipinski definition) is 1. The van der Waals surface area contributed by atoms with E-state index in [-0.39, 0.29) is 18.3 Å². The number of benzene rings is 1. The number of rotatable bonds is 4. The molecule has 1 saturated heterocycles. The van der Waals surface area contributed by atoms with Crippen molar-refractivity contribution in [2.75, 3.05) is 32.7 Å². The van der Waals surface area contributed by atoms with E-state index in [1.54, 1.807) is 12.1 Å². The molecule has 1 aliphatic heterocycles. The van der Waals surface area contributed by atoms with Crippen LogP contribution in [0.15, 0.2) is 18.2 Å². The first-order valence-corrected chi connectivity index (χ1v) is 6.50. The van der Waals surface area contributed by atoms with Gasteiger partial charge in [0.1, 0.15) is 5.82 Å². The third-order valence-electron chi connectivity index (χ3n) is 3.42. The number of nitrogens with two attached hydrogens (primary N) is 1. The van der Waals surface area contributed by atoms with Gasteiger partial charge in [-0.25, -0.2) is 4.39 Å². The lowest BCUT2D eigenvalue weighted by molar-refractivity contribution is -0.119. The molecule has 6 heteroatoms. The van der Waals surface area contributed by atoms with Crippen LogP contribution in [0.2, 0.25) is 0 Å². The van der Waals surface area contributed by atoms with Crippen molar-refractivity contribution in [3.8, 4) is 6.07 Å². The number of nitrogens with zero attached hydrogens (tertiary/aromatic N) is 3. The normalized spacial score (nSPS) is 16.8. The number of primary amides is 1. The van der Waals surface area contributed by atoms with Crippen molar-refractivity contribution in [1.82, 2.24) is 9.80 Å². The Balaban J connectivity index is 1.90. The van der Waals surface area contributed by atoms with Gasteiger partial charge in [-0.1, -0.05) is 6.07 Å². The smallest absolute Gasteiger partial charge is 0.231 e. The summed E-state index contributed by atoms with van der Waals surface area (Å²) < 4.78 is 13.8. The summed E-state index contributed by atoms with van der Waals surface area (Å²) in [6, 6.07) is 6.46. The number of halogens is 1. The summed E-state index contributed by atoms with van der Waals surface area (Å²) in [6.07, 6.45) is 0. The minimum Gasteiger partial charge on any atom is -0.369 e. The third-order valence-corrected chi connectivity index (χ3v) is 3.42. The maximum absolute atomic E-state index is 13.8. The van der Waals surface area contributed by atoms with E-state index in [1.807, 2.05) is 11.0 Å². The van der Waals surface area contributed by atoms with Gasteiger partial charge in [-0.3, -0.25) is 14.6 Å². The van der Waals surface area contributed by atoms with Crippen LogP contribution in [-0.4, -0.2) is 48.4 Å². The van der Waals surface area contributed by atoms with Gasteiger partial charge >= 0.3 is 0 Å². The van der Waals surface area contributed by atoms with Gasteiger partial charge in [0.2, 0.25) is 5.91 Å². The highest BCUT2D eigenvalue weighted by Crippen LogP contribution is 2.14. The maximum atomic E-state index is 13.8. The molecular weight excluding hydrogens is 259 g/mol. The van der Waals surface area contributed by atoms with E-state index in [1.165, 1.54) is 6.07 Å². The van der Waals surface area contributed by atoms with Crippen LogP contribution in [0.4, 0.5) is 4.39 Å². The van der Waals surface area contributed by atoms with Crippen molar-refractivity contribution < 1.29 is 9.18 Å². The number of hydrogen-bond acceptors (Lipinski definition) is 4. The van der Waals surface area contributed by atoms with Crippen molar-refractivity contribution in [1.29, 1.82) is 5.26 Å². The van der Waals surface area contributed by atoms with Gasteiger partial charge in [-0.2, -0.15) is 5.26 Å². The van der Waals surface area contributed by atoms with Crippen LogP contribution in [0.5, 0.6) is 0 Å². The van der Waals surface area contributed by atoms with Gasteiger partial charge in [-0.05, 0) is 12.1 Å². The van der Waals surface area contributed by atoms with Crippen molar-refractivity contribution in [2.45, 2.75) is 6.54 Å². The summed E-state index contributed by atoms with van der Waals surface area (Å²) in [7, 11) is 0. The molecule has 5 nitrogen and oxygen atoms in total. The van der Waals surface area contributed by atoms with Gasteiger partial charge in [-0.15, -0.1) is 0 Å². The maximum Gasteiger partial charge on any atom is 0.231 e. The van der Waals surface area contributed by atoms with Crippen molar-refractivity contribution in [3.63, 3.8) is 0 Å². The third kappa shape index (κ3) is 3.76. The molecule has 20 heavy (non-hydrogen) atoms. The molecule has 2 rings (SSSR count). The fraction of sp³-hybridized carbons (Fsp3) is 0.429. The molecule has 0 aromatic heterocycles. The van der Waals surface area contributed by atoms with E-state index in [0.29, 0.717) is 17.7 Å². The number of nitriles is 1. The van der Waals surface area contributed by atoms with Crippen LogP contribution in [0, 0.1) is 17.1 Å². The highest BCUT2D eigenvalue weighted by Gasteiger charge is 2.19. The molecule has 0 saturated carbocycles. The molecule has 1 fully saturated rings. The summed E-state index contributed by atoms with van der Waals surface area (Å²) >= 11 is 0. The Labute approximate surface area is 117 Å². The molecule has 1 aromatic rings. The summed E-state index contributed by atoms with van der Waals surface area (Å²) in [5.74, 6) is -0.666. The first-order chi connectivity index (χ1) is 9.58. The van der Waals surface area contributed by atoms with E-state index in [9.17, 15) is 9.18 Å². The molecule has 0 aliphatic carbocycles. The molecule has 0 unspecified atom stereocenters. The van der Waals surface area contributed by atoms with Gasteiger partial charge in [0.25, 0.3) is 0 Å². The lowest BCUT2D eigenvalue weighted by Gasteiger charge is -2.34. The molecule has 2 N–H and O–H groups in total. The summed E-state index contributed by atoms with van der Waals surface area (Å²) in [5, 5.41) is 8.71. The van der Waals surface area contributed by atoms with Crippen LogP contribution < -0.4 is 5.73 Å². The molecule has 0 atom stereocenters. The Morgan fingerprint density at radius 3 is 2.50 bits per heavy atom. The molecule has 0 bridgehead atoms. The Hall–Kier alpha value is -1.97. The van der Waals surface area contributed by atoms with Crippen LogP contribution in [0.25, 0.3) is 0 Å². The largest absolute Gasteiger partial charge is 0.369 e. The SMILES string of the molecule is N#Cc1ccc(CN2CCN(CC(N)=O)CC2)c(F)c1. The Morgan fingerprint density at radius 1 is 1.30 bits per heavy atom.